The van der Waals surface area contributed by atoms with E-state index in [9.17, 15) is 18.0 Å². The SMILES string of the molecule is O=C(Nc1ccc(F)c(F)c1F)C1CCCN(c2cc(-c3ccccc3)ncn2)C1. The van der Waals surface area contributed by atoms with Crippen LogP contribution < -0.4 is 10.2 Å². The van der Waals surface area contributed by atoms with Crippen LogP contribution in [0, 0.1) is 23.4 Å². The summed E-state index contributed by atoms with van der Waals surface area (Å²) in [5.41, 5.74) is 1.36. The summed E-state index contributed by atoms with van der Waals surface area (Å²) in [6, 6.07) is 13.4. The fraction of sp³-hybridized carbons (Fsp3) is 0.227. The van der Waals surface area contributed by atoms with E-state index in [2.05, 4.69) is 15.3 Å². The van der Waals surface area contributed by atoms with Crippen LogP contribution in [-0.4, -0.2) is 29.0 Å². The summed E-state index contributed by atoms with van der Waals surface area (Å²) in [6.45, 7) is 1.09. The summed E-state index contributed by atoms with van der Waals surface area (Å²) in [5.74, 6) is -4.50. The van der Waals surface area contributed by atoms with Gasteiger partial charge in [0.1, 0.15) is 12.1 Å². The molecule has 1 aliphatic heterocycles. The second kappa shape index (κ2) is 8.52. The summed E-state index contributed by atoms with van der Waals surface area (Å²) in [4.78, 5) is 23.3. The number of halogens is 3. The maximum atomic E-state index is 13.9. The molecule has 4 rings (SSSR count). The number of carbonyl (C=O) groups is 1. The van der Waals surface area contributed by atoms with Crippen molar-refractivity contribution in [1.29, 1.82) is 0 Å². The molecule has 1 amide bonds. The fourth-order valence-corrected chi connectivity index (χ4v) is 3.54. The first-order valence-corrected chi connectivity index (χ1v) is 9.59. The fourth-order valence-electron chi connectivity index (χ4n) is 3.54. The number of rotatable bonds is 4. The Kier molecular flexibility index (Phi) is 5.65. The molecule has 0 spiro atoms. The van der Waals surface area contributed by atoms with E-state index in [1.54, 1.807) is 0 Å². The molecule has 1 aliphatic rings. The summed E-state index contributed by atoms with van der Waals surface area (Å²) in [6.07, 6.45) is 2.82. The second-order valence-corrected chi connectivity index (χ2v) is 7.12. The highest BCUT2D eigenvalue weighted by molar-refractivity contribution is 5.93. The van der Waals surface area contributed by atoms with E-state index in [1.807, 2.05) is 41.3 Å². The number of nitrogens with one attached hydrogen (secondary N) is 1. The molecule has 154 valence electrons. The number of piperidine rings is 1. The van der Waals surface area contributed by atoms with Crippen molar-refractivity contribution in [2.75, 3.05) is 23.3 Å². The molecule has 30 heavy (non-hydrogen) atoms. The van der Waals surface area contributed by atoms with Gasteiger partial charge < -0.3 is 10.2 Å². The standard InChI is InChI=1S/C22H19F3N4O/c23-16-8-9-17(21(25)20(16)24)28-22(30)15-7-4-10-29(12-15)19-11-18(26-13-27-19)14-5-2-1-3-6-14/h1-3,5-6,8-9,11,13,15H,4,7,10,12H2,(H,28,30). The lowest BCUT2D eigenvalue weighted by Gasteiger charge is -2.33. The van der Waals surface area contributed by atoms with Crippen LogP contribution in [0.5, 0.6) is 0 Å². The van der Waals surface area contributed by atoms with Crippen LogP contribution in [0.25, 0.3) is 11.3 Å². The highest BCUT2D eigenvalue weighted by atomic mass is 19.2. The Balaban J connectivity index is 1.48. The van der Waals surface area contributed by atoms with E-state index in [-0.39, 0.29) is 5.69 Å². The van der Waals surface area contributed by atoms with Crippen molar-refractivity contribution in [2.45, 2.75) is 12.8 Å². The molecule has 1 saturated heterocycles. The molecule has 0 aliphatic carbocycles. The molecule has 0 radical (unpaired) electrons. The van der Waals surface area contributed by atoms with E-state index >= 15 is 0 Å². The number of aromatic nitrogens is 2. The number of hydrogen-bond donors (Lipinski definition) is 1. The number of hydrogen-bond acceptors (Lipinski definition) is 4. The maximum Gasteiger partial charge on any atom is 0.229 e. The molecule has 0 bridgehead atoms. The quantitative estimate of drug-likeness (QED) is 0.645. The maximum absolute atomic E-state index is 13.9. The zero-order valence-corrected chi connectivity index (χ0v) is 16.0. The number of benzene rings is 2. The van der Waals surface area contributed by atoms with E-state index in [1.165, 1.54) is 6.33 Å². The van der Waals surface area contributed by atoms with Crippen LogP contribution in [-0.2, 0) is 4.79 Å². The molecule has 2 aromatic carbocycles. The minimum Gasteiger partial charge on any atom is -0.356 e. The van der Waals surface area contributed by atoms with E-state index in [0.717, 1.165) is 29.8 Å². The molecule has 0 saturated carbocycles. The van der Waals surface area contributed by atoms with Crippen LogP contribution in [0.3, 0.4) is 0 Å². The number of anilines is 2. The molecule has 8 heteroatoms. The van der Waals surface area contributed by atoms with Gasteiger partial charge in [0.05, 0.1) is 17.3 Å². The summed E-state index contributed by atoms with van der Waals surface area (Å²) in [5, 5.41) is 2.38. The Labute approximate surface area is 171 Å². The molecule has 1 atom stereocenters. The van der Waals surface area contributed by atoms with Gasteiger partial charge in [0.2, 0.25) is 5.91 Å². The molecule has 1 unspecified atom stereocenters. The average Bonchev–Trinajstić information content (AvgIpc) is 2.80. The van der Waals surface area contributed by atoms with Gasteiger partial charge in [0.15, 0.2) is 17.5 Å². The van der Waals surface area contributed by atoms with Crippen LogP contribution in [0.15, 0.2) is 54.9 Å². The Morgan fingerprint density at radius 2 is 1.83 bits per heavy atom. The van der Waals surface area contributed by atoms with Crippen molar-refractivity contribution in [3.8, 4) is 11.3 Å². The number of amides is 1. The van der Waals surface area contributed by atoms with Gasteiger partial charge in [-0.3, -0.25) is 4.79 Å². The van der Waals surface area contributed by atoms with E-state index < -0.39 is 29.3 Å². The zero-order chi connectivity index (χ0) is 21.1. The van der Waals surface area contributed by atoms with Gasteiger partial charge in [-0.2, -0.15) is 0 Å². The highest BCUT2D eigenvalue weighted by Crippen LogP contribution is 2.26. The van der Waals surface area contributed by atoms with Crippen LogP contribution in [0.4, 0.5) is 24.7 Å². The normalized spacial score (nSPS) is 16.4. The van der Waals surface area contributed by atoms with Gasteiger partial charge in [-0.25, -0.2) is 23.1 Å². The Bertz CT molecular complexity index is 1060. The third kappa shape index (κ3) is 4.12. The molecule has 3 aromatic rings. The van der Waals surface area contributed by atoms with Crippen molar-refractivity contribution in [3.05, 3.63) is 72.3 Å². The van der Waals surface area contributed by atoms with Crippen molar-refractivity contribution in [2.24, 2.45) is 5.92 Å². The number of nitrogens with zero attached hydrogens (tertiary/aromatic N) is 3. The molecule has 1 aromatic heterocycles. The van der Waals surface area contributed by atoms with Crippen LogP contribution in [0.1, 0.15) is 12.8 Å². The lowest BCUT2D eigenvalue weighted by atomic mass is 9.97. The lowest BCUT2D eigenvalue weighted by molar-refractivity contribution is -0.120. The topological polar surface area (TPSA) is 58.1 Å². The van der Waals surface area contributed by atoms with Crippen molar-refractivity contribution in [1.82, 2.24) is 9.97 Å². The molecule has 5 nitrogen and oxygen atoms in total. The summed E-state index contributed by atoms with van der Waals surface area (Å²) in [7, 11) is 0. The van der Waals surface area contributed by atoms with Gasteiger partial charge in [0.25, 0.3) is 0 Å². The monoisotopic (exact) mass is 412 g/mol. The van der Waals surface area contributed by atoms with Crippen molar-refractivity contribution in [3.63, 3.8) is 0 Å². The predicted molar refractivity (Wildman–Crippen MR) is 107 cm³/mol. The summed E-state index contributed by atoms with van der Waals surface area (Å²) >= 11 is 0. The smallest absolute Gasteiger partial charge is 0.229 e. The third-order valence-electron chi connectivity index (χ3n) is 5.13. The lowest BCUT2D eigenvalue weighted by Crippen LogP contribution is -2.41. The van der Waals surface area contributed by atoms with Crippen molar-refractivity contribution >= 4 is 17.4 Å². The first kappa shape index (κ1) is 19.9. The Morgan fingerprint density at radius 1 is 1.03 bits per heavy atom. The van der Waals surface area contributed by atoms with E-state index in [0.29, 0.717) is 25.3 Å². The molecule has 2 heterocycles. The van der Waals surface area contributed by atoms with Gasteiger partial charge in [-0.1, -0.05) is 30.3 Å². The summed E-state index contributed by atoms with van der Waals surface area (Å²) < 4.78 is 40.4. The largest absolute Gasteiger partial charge is 0.356 e. The molecule has 1 N–H and O–H groups in total. The molecular formula is C22H19F3N4O. The third-order valence-corrected chi connectivity index (χ3v) is 5.13. The first-order valence-electron chi connectivity index (χ1n) is 9.59. The van der Waals surface area contributed by atoms with Crippen LogP contribution >= 0.6 is 0 Å². The highest BCUT2D eigenvalue weighted by Gasteiger charge is 2.28. The van der Waals surface area contributed by atoms with Gasteiger partial charge in [0, 0.05) is 24.7 Å². The number of carbonyl (C=O) groups excluding carboxylic acids is 1. The first-order chi connectivity index (χ1) is 14.5. The van der Waals surface area contributed by atoms with E-state index in [4.69, 9.17) is 0 Å². The Morgan fingerprint density at radius 3 is 2.63 bits per heavy atom. The van der Waals surface area contributed by atoms with Crippen LogP contribution in [0.2, 0.25) is 0 Å². The second-order valence-electron chi connectivity index (χ2n) is 7.12. The van der Waals surface area contributed by atoms with Gasteiger partial charge >= 0.3 is 0 Å². The minimum absolute atomic E-state index is 0.371. The minimum atomic E-state index is -1.60. The molecular weight excluding hydrogens is 393 g/mol. The van der Waals surface area contributed by atoms with Gasteiger partial charge in [-0.05, 0) is 25.0 Å². The predicted octanol–water partition coefficient (Wildman–Crippen LogP) is 4.42. The molecule has 1 fully saturated rings. The average molecular weight is 412 g/mol. The Hall–Kier alpha value is -3.42. The van der Waals surface area contributed by atoms with Gasteiger partial charge in [-0.15, -0.1) is 0 Å². The zero-order valence-electron chi connectivity index (χ0n) is 16.0. The van der Waals surface area contributed by atoms with Crippen molar-refractivity contribution < 1.29 is 18.0 Å².